The molecule has 104 valence electrons. The van der Waals surface area contributed by atoms with Gasteiger partial charge >= 0.3 is 0 Å². The van der Waals surface area contributed by atoms with E-state index in [0.29, 0.717) is 19.0 Å². The zero-order valence-electron chi connectivity index (χ0n) is 11.5. The number of likely N-dealkylation sites (tertiary alicyclic amines) is 1. The summed E-state index contributed by atoms with van der Waals surface area (Å²) in [7, 11) is 0. The monoisotopic (exact) mass is 264 g/mol. The normalized spacial score (nSPS) is 18.4. The van der Waals surface area contributed by atoms with E-state index in [1.807, 2.05) is 13.8 Å². The third-order valence-electron chi connectivity index (χ3n) is 3.93. The number of nitrogens with zero attached hydrogens (tertiary/aromatic N) is 1. The van der Waals surface area contributed by atoms with E-state index in [2.05, 4.69) is 0 Å². The topological polar surface area (TPSA) is 46.3 Å². The molecule has 1 aliphatic heterocycles. The maximum Gasteiger partial charge on any atom is 0.256 e. The highest BCUT2D eigenvalue weighted by Crippen LogP contribution is 2.22. The van der Waals surface area contributed by atoms with Gasteiger partial charge in [-0.15, -0.1) is 0 Å². The van der Waals surface area contributed by atoms with Crippen LogP contribution in [-0.2, 0) is 0 Å². The molecule has 1 saturated heterocycles. The fourth-order valence-corrected chi connectivity index (χ4v) is 2.59. The number of amides is 1. The second-order valence-corrected chi connectivity index (χ2v) is 5.47. The molecule has 0 aromatic heterocycles. The van der Waals surface area contributed by atoms with E-state index in [4.69, 9.17) is 5.73 Å². The molecule has 2 N–H and O–H groups in total. The number of hydrogen-bond donors (Lipinski definition) is 1. The maximum absolute atomic E-state index is 13.8. The van der Waals surface area contributed by atoms with Crippen LogP contribution in [0.15, 0.2) is 18.2 Å². The fraction of sp³-hybridized carbons (Fsp3) is 0.533. The lowest BCUT2D eigenvalue weighted by molar-refractivity contribution is 0.0676. The summed E-state index contributed by atoms with van der Waals surface area (Å²) in [5.41, 5.74) is 6.87. The van der Waals surface area contributed by atoms with Crippen LogP contribution in [0.4, 0.5) is 4.39 Å². The van der Waals surface area contributed by atoms with Crippen LogP contribution in [-0.4, -0.2) is 29.9 Å². The van der Waals surface area contributed by atoms with E-state index >= 15 is 0 Å². The first-order chi connectivity index (χ1) is 8.99. The van der Waals surface area contributed by atoms with Crippen molar-refractivity contribution in [1.82, 2.24) is 4.90 Å². The number of carbonyl (C=O) groups is 1. The lowest BCUT2D eigenvalue weighted by Crippen LogP contribution is -2.42. The number of carbonyl (C=O) groups excluding carboxylic acids is 1. The van der Waals surface area contributed by atoms with Crippen LogP contribution in [0.1, 0.15) is 35.7 Å². The molecule has 0 saturated carbocycles. The van der Waals surface area contributed by atoms with E-state index in [0.717, 1.165) is 18.4 Å². The van der Waals surface area contributed by atoms with Crippen LogP contribution in [0.5, 0.6) is 0 Å². The molecule has 0 radical (unpaired) electrons. The third-order valence-corrected chi connectivity index (χ3v) is 3.93. The van der Waals surface area contributed by atoms with E-state index in [9.17, 15) is 9.18 Å². The Morgan fingerprint density at radius 1 is 1.42 bits per heavy atom. The summed E-state index contributed by atoms with van der Waals surface area (Å²) in [5.74, 6) is -0.174. The lowest BCUT2D eigenvalue weighted by Gasteiger charge is -2.33. The summed E-state index contributed by atoms with van der Waals surface area (Å²) in [6.07, 6.45) is 1.80. The number of hydrogen-bond acceptors (Lipinski definition) is 2. The summed E-state index contributed by atoms with van der Waals surface area (Å²) in [6, 6.07) is 4.91. The largest absolute Gasteiger partial charge is 0.339 e. The number of nitrogens with two attached hydrogens (primary N) is 1. The van der Waals surface area contributed by atoms with Gasteiger partial charge in [-0.2, -0.15) is 0 Å². The molecule has 1 atom stereocenters. The average molecular weight is 264 g/mol. The minimum absolute atomic E-state index is 0.161. The van der Waals surface area contributed by atoms with Crippen LogP contribution < -0.4 is 5.73 Å². The van der Waals surface area contributed by atoms with Gasteiger partial charge in [-0.1, -0.05) is 6.07 Å². The minimum Gasteiger partial charge on any atom is -0.339 e. The van der Waals surface area contributed by atoms with Crippen LogP contribution in [0.2, 0.25) is 0 Å². The number of piperidine rings is 1. The average Bonchev–Trinajstić information content (AvgIpc) is 2.38. The first kappa shape index (κ1) is 14.0. The summed E-state index contributed by atoms with van der Waals surface area (Å²) in [5, 5.41) is 0. The van der Waals surface area contributed by atoms with Gasteiger partial charge in [-0.3, -0.25) is 4.79 Å². The zero-order valence-corrected chi connectivity index (χ0v) is 11.5. The molecular weight excluding hydrogens is 243 g/mol. The van der Waals surface area contributed by atoms with Gasteiger partial charge in [0.05, 0.1) is 5.56 Å². The van der Waals surface area contributed by atoms with Crippen LogP contribution in [0.25, 0.3) is 0 Å². The Hall–Kier alpha value is -1.42. The summed E-state index contributed by atoms with van der Waals surface area (Å²) in [4.78, 5) is 14.0. The summed E-state index contributed by atoms with van der Waals surface area (Å²) in [6.45, 7) is 5.14. The molecule has 0 bridgehead atoms. The van der Waals surface area contributed by atoms with Gasteiger partial charge in [0.15, 0.2) is 0 Å². The van der Waals surface area contributed by atoms with Crippen LogP contribution >= 0.6 is 0 Å². The van der Waals surface area contributed by atoms with Crippen molar-refractivity contribution >= 4 is 5.91 Å². The Morgan fingerprint density at radius 3 is 2.58 bits per heavy atom. The third kappa shape index (κ3) is 3.13. The van der Waals surface area contributed by atoms with Crippen molar-refractivity contribution in [2.45, 2.75) is 32.7 Å². The minimum atomic E-state index is -0.431. The lowest BCUT2D eigenvalue weighted by atomic mass is 9.90. The SMILES string of the molecule is Cc1ccc(C(=O)N2CCC(C(C)N)CC2)c(F)c1. The predicted octanol–water partition coefficient (Wildman–Crippen LogP) is 2.33. The highest BCUT2D eigenvalue weighted by molar-refractivity contribution is 5.94. The van der Waals surface area contributed by atoms with Crippen molar-refractivity contribution in [1.29, 1.82) is 0 Å². The van der Waals surface area contributed by atoms with Crippen molar-refractivity contribution < 1.29 is 9.18 Å². The van der Waals surface area contributed by atoms with E-state index in [-0.39, 0.29) is 17.5 Å². The second kappa shape index (κ2) is 5.70. The first-order valence-electron chi connectivity index (χ1n) is 6.80. The Bertz CT molecular complexity index is 465. The molecule has 2 rings (SSSR count). The van der Waals surface area contributed by atoms with Crippen molar-refractivity contribution in [2.75, 3.05) is 13.1 Å². The first-order valence-corrected chi connectivity index (χ1v) is 6.80. The zero-order chi connectivity index (χ0) is 14.0. The Morgan fingerprint density at radius 2 is 2.05 bits per heavy atom. The van der Waals surface area contributed by atoms with Gasteiger partial charge in [0, 0.05) is 19.1 Å². The van der Waals surface area contributed by atoms with Crippen molar-refractivity contribution in [3.63, 3.8) is 0 Å². The molecule has 4 heteroatoms. The van der Waals surface area contributed by atoms with Gasteiger partial charge in [-0.25, -0.2) is 4.39 Å². The van der Waals surface area contributed by atoms with Crippen LogP contribution in [0.3, 0.4) is 0 Å². The van der Waals surface area contributed by atoms with Gasteiger partial charge in [0.25, 0.3) is 5.91 Å². The molecular formula is C15H21FN2O. The Labute approximate surface area is 113 Å². The highest BCUT2D eigenvalue weighted by Gasteiger charge is 2.26. The predicted molar refractivity (Wildman–Crippen MR) is 73.4 cm³/mol. The molecule has 0 spiro atoms. The number of halogens is 1. The molecule has 19 heavy (non-hydrogen) atoms. The molecule has 3 nitrogen and oxygen atoms in total. The maximum atomic E-state index is 13.8. The standard InChI is InChI=1S/C15H21FN2O/c1-10-3-4-13(14(16)9-10)15(19)18-7-5-12(6-8-18)11(2)17/h3-4,9,11-12H,5-8,17H2,1-2H3. The molecule has 1 aliphatic rings. The molecule has 1 fully saturated rings. The fourth-order valence-electron chi connectivity index (χ4n) is 2.59. The highest BCUT2D eigenvalue weighted by atomic mass is 19.1. The summed E-state index contributed by atoms with van der Waals surface area (Å²) < 4.78 is 13.8. The summed E-state index contributed by atoms with van der Waals surface area (Å²) >= 11 is 0. The number of aryl methyl sites for hydroxylation is 1. The molecule has 0 aliphatic carbocycles. The Balaban J connectivity index is 2.05. The van der Waals surface area contributed by atoms with Crippen molar-refractivity contribution in [2.24, 2.45) is 11.7 Å². The molecule has 1 aromatic rings. The van der Waals surface area contributed by atoms with Gasteiger partial charge in [0.2, 0.25) is 0 Å². The van der Waals surface area contributed by atoms with E-state index in [1.54, 1.807) is 17.0 Å². The van der Waals surface area contributed by atoms with Crippen LogP contribution in [0, 0.1) is 18.7 Å². The van der Waals surface area contributed by atoms with E-state index < -0.39 is 5.82 Å². The van der Waals surface area contributed by atoms with Gasteiger partial charge in [-0.05, 0) is 50.3 Å². The molecule has 1 amide bonds. The molecule has 1 unspecified atom stereocenters. The second-order valence-electron chi connectivity index (χ2n) is 5.47. The number of rotatable bonds is 2. The van der Waals surface area contributed by atoms with Crippen molar-refractivity contribution in [3.8, 4) is 0 Å². The quantitative estimate of drug-likeness (QED) is 0.891. The van der Waals surface area contributed by atoms with Gasteiger partial charge < -0.3 is 10.6 Å². The number of benzene rings is 1. The molecule has 1 heterocycles. The molecule has 1 aromatic carbocycles. The van der Waals surface area contributed by atoms with Crippen molar-refractivity contribution in [3.05, 3.63) is 35.1 Å². The van der Waals surface area contributed by atoms with E-state index in [1.165, 1.54) is 6.07 Å². The Kier molecular flexibility index (Phi) is 4.20. The van der Waals surface area contributed by atoms with Gasteiger partial charge in [0.1, 0.15) is 5.82 Å². The smallest absolute Gasteiger partial charge is 0.256 e.